The van der Waals surface area contributed by atoms with Gasteiger partial charge in [0.15, 0.2) is 5.15 Å². The molecule has 0 N–H and O–H groups in total. The van der Waals surface area contributed by atoms with E-state index in [2.05, 4.69) is 10.1 Å². The zero-order valence-electron chi connectivity index (χ0n) is 16.4. The molecule has 0 aliphatic carbocycles. The van der Waals surface area contributed by atoms with E-state index in [0.717, 1.165) is 5.69 Å². The second-order valence-electron chi connectivity index (χ2n) is 7.63. The zero-order valence-corrected chi connectivity index (χ0v) is 17.2. The van der Waals surface area contributed by atoms with Gasteiger partial charge < -0.3 is 14.5 Å². The molecule has 2 aromatic rings. The highest BCUT2D eigenvalue weighted by molar-refractivity contribution is 6.32. The fraction of sp³-hybridized carbons (Fsp3) is 0.474. The van der Waals surface area contributed by atoms with Gasteiger partial charge in [-0.3, -0.25) is 9.78 Å². The molecule has 8 nitrogen and oxygen atoms in total. The van der Waals surface area contributed by atoms with E-state index in [9.17, 15) is 9.59 Å². The van der Waals surface area contributed by atoms with Crippen molar-refractivity contribution >= 4 is 29.3 Å². The maximum absolute atomic E-state index is 12.9. The molecule has 0 aromatic carbocycles. The molecule has 1 aliphatic rings. The first-order valence-electron chi connectivity index (χ1n) is 9.14. The third kappa shape index (κ3) is 4.27. The molecule has 0 radical (unpaired) electrons. The molecule has 2 aromatic heterocycles. The normalized spacial score (nSPS) is 14.5. The molecule has 0 unspecified atom stereocenters. The number of ether oxygens (including phenoxy) is 1. The second-order valence-corrected chi connectivity index (χ2v) is 7.98. The molecular formula is C19H24ClN5O3. The van der Waals surface area contributed by atoms with Crippen molar-refractivity contribution in [3.05, 3.63) is 35.9 Å². The molecule has 1 saturated heterocycles. The molecule has 0 spiro atoms. The minimum Gasteiger partial charge on any atom is -0.444 e. The zero-order chi connectivity index (χ0) is 20.5. The number of carbonyl (C=O) groups is 2. The Balaban J connectivity index is 1.69. The van der Waals surface area contributed by atoms with E-state index < -0.39 is 11.7 Å². The van der Waals surface area contributed by atoms with Crippen LogP contribution >= 0.6 is 11.6 Å². The first kappa shape index (κ1) is 20.1. The smallest absolute Gasteiger partial charge is 0.410 e. The first-order valence-corrected chi connectivity index (χ1v) is 9.52. The van der Waals surface area contributed by atoms with Gasteiger partial charge in [0.2, 0.25) is 5.91 Å². The molecular weight excluding hydrogens is 382 g/mol. The van der Waals surface area contributed by atoms with Gasteiger partial charge >= 0.3 is 6.09 Å². The Kier molecular flexibility index (Phi) is 5.60. The predicted octanol–water partition coefficient (Wildman–Crippen LogP) is 3.14. The summed E-state index contributed by atoms with van der Waals surface area (Å²) < 4.78 is 6.93. The van der Waals surface area contributed by atoms with Crippen molar-refractivity contribution in [2.75, 3.05) is 24.5 Å². The van der Waals surface area contributed by atoms with Crippen molar-refractivity contribution in [3.8, 4) is 5.69 Å². The van der Waals surface area contributed by atoms with Crippen molar-refractivity contribution in [1.82, 2.24) is 19.7 Å². The summed E-state index contributed by atoms with van der Waals surface area (Å²) in [5.41, 5.74) is 0.725. The number of halogens is 1. The number of rotatable bonds is 4. The van der Waals surface area contributed by atoms with Crippen molar-refractivity contribution in [3.63, 3.8) is 0 Å². The van der Waals surface area contributed by atoms with Crippen LogP contribution in [0.5, 0.6) is 0 Å². The SMILES string of the molecule is CCN(C(=O)C1CN(C(=O)OC(C)(C)C)C1)c1cn(-c2cccnc2)nc1Cl. The summed E-state index contributed by atoms with van der Waals surface area (Å²) in [6.45, 7) is 8.42. The Morgan fingerprint density at radius 2 is 2.07 bits per heavy atom. The van der Waals surface area contributed by atoms with Gasteiger partial charge in [0.25, 0.3) is 0 Å². The number of nitrogens with zero attached hydrogens (tertiary/aromatic N) is 5. The van der Waals surface area contributed by atoms with Crippen LogP contribution in [-0.2, 0) is 9.53 Å². The molecule has 28 heavy (non-hydrogen) atoms. The lowest BCUT2D eigenvalue weighted by atomic mass is 9.99. The van der Waals surface area contributed by atoms with Crippen molar-refractivity contribution in [1.29, 1.82) is 0 Å². The number of anilines is 1. The van der Waals surface area contributed by atoms with E-state index in [-0.39, 0.29) is 17.0 Å². The third-order valence-electron chi connectivity index (χ3n) is 4.32. The number of aromatic nitrogens is 3. The minimum absolute atomic E-state index is 0.0880. The molecule has 3 rings (SSSR count). The summed E-state index contributed by atoms with van der Waals surface area (Å²) in [7, 11) is 0. The van der Waals surface area contributed by atoms with Crippen molar-refractivity contribution in [2.45, 2.75) is 33.3 Å². The molecule has 0 bridgehead atoms. The van der Waals surface area contributed by atoms with Crippen LogP contribution in [0, 0.1) is 5.92 Å². The van der Waals surface area contributed by atoms with E-state index in [1.807, 2.05) is 33.8 Å². The molecule has 2 amide bonds. The molecule has 1 fully saturated rings. The lowest BCUT2D eigenvalue weighted by Crippen LogP contribution is -2.57. The second kappa shape index (κ2) is 7.79. The van der Waals surface area contributed by atoms with Gasteiger partial charge in [-0.1, -0.05) is 11.6 Å². The number of hydrogen-bond donors (Lipinski definition) is 0. The molecule has 1 aliphatic heterocycles. The summed E-state index contributed by atoms with van der Waals surface area (Å²) in [4.78, 5) is 32.2. The van der Waals surface area contributed by atoms with Gasteiger partial charge in [-0.05, 0) is 39.8 Å². The van der Waals surface area contributed by atoms with Crippen LogP contribution in [0.15, 0.2) is 30.7 Å². The highest BCUT2D eigenvalue weighted by Gasteiger charge is 2.40. The Morgan fingerprint density at radius 1 is 1.36 bits per heavy atom. The standard InChI is InChI=1S/C19H24ClN5O3/c1-5-24(15-12-25(22-16(15)20)14-7-6-8-21-9-14)17(26)13-10-23(11-13)18(27)28-19(2,3)4/h6-9,12-13H,5,10-11H2,1-4H3. The third-order valence-corrected chi connectivity index (χ3v) is 4.59. The van der Waals surface area contributed by atoms with E-state index in [1.165, 1.54) is 4.90 Å². The minimum atomic E-state index is -0.559. The number of hydrogen-bond acceptors (Lipinski definition) is 5. The van der Waals surface area contributed by atoms with Gasteiger partial charge in [-0.25, -0.2) is 9.48 Å². The fourth-order valence-corrected chi connectivity index (χ4v) is 3.15. The maximum Gasteiger partial charge on any atom is 0.410 e. The highest BCUT2D eigenvalue weighted by atomic mass is 35.5. The monoisotopic (exact) mass is 405 g/mol. The fourth-order valence-electron chi connectivity index (χ4n) is 2.92. The highest BCUT2D eigenvalue weighted by Crippen LogP contribution is 2.29. The lowest BCUT2D eigenvalue weighted by molar-refractivity contribution is -0.127. The quantitative estimate of drug-likeness (QED) is 0.780. The number of amides is 2. The summed E-state index contributed by atoms with van der Waals surface area (Å²) in [6.07, 6.45) is 4.65. The predicted molar refractivity (Wildman–Crippen MR) is 106 cm³/mol. The topological polar surface area (TPSA) is 80.6 Å². The van der Waals surface area contributed by atoms with E-state index >= 15 is 0 Å². The molecule has 0 saturated carbocycles. The van der Waals surface area contributed by atoms with Crippen LogP contribution < -0.4 is 4.90 Å². The lowest BCUT2D eigenvalue weighted by Gasteiger charge is -2.40. The van der Waals surface area contributed by atoms with E-state index in [0.29, 0.717) is 25.3 Å². The largest absolute Gasteiger partial charge is 0.444 e. The Hall–Kier alpha value is -2.61. The van der Waals surface area contributed by atoms with Crippen LogP contribution in [0.25, 0.3) is 5.69 Å². The van der Waals surface area contributed by atoms with Gasteiger partial charge in [0, 0.05) is 25.8 Å². The van der Waals surface area contributed by atoms with E-state index in [1.54, 1.807) is 34.2 Å². The molecule has 150 valence electrons. The first-order chi connectivity index (χ1) is 13.2. The molecule has 0 atom stereocenters. The number of pyridine rings is 1. The van der Waals surface area contributed by atoms with E-state index in [4.69, 9.17) is 16.3 Å². The van der Waals surface area contributed by atoms with Gasteiger partial charge in [0.05, 0.1) is 24.0 Å². The Morgan fingerprint density at radius 3 is 2.64 bits per heavy atom. The summed E-state index contributed by atoms with van der Waals surface area (Å²) in [6, 6.07) is 3.65. The van der Waals surface area contributed by atoms with Crippen LogP contribution in [-0.4, -0.2) is 56.9 Å². The van der Waals surface area contributed by atoms with Gasteiger partial charge in [-0.2, -0.15) is 5.10 Å². The summed E-state index contributed by atoms with van der Waals surface area (Å²) in [5.74, 6) is -0.375. The summed E-state index contributed by atoms with van der Waals surface area (Å²) in [5, 5.41) is 4.52. The van der Waals surface area contributed by atoms with Crippen molar-refractivity contribution < 1.29 is 14.3 Å². The van der Waals surface area contributed by atoms with Gasteiger partial charge in [0.1, 0.15) is 11.3 Å². The number of carbonyl (C=O) groups excluding carboxylic acids is 2. The van der Waals surface area contributed by atoms with Gasteiger partial charge in [-0.15, -0.1) is 0 Å². The Labute approximate surface area is 169 Å². The van der Waals surface area contributed by atoms with Crippen LogP contribution in [0.2, 0.25) is 5.15 Å². The maximum atomic E-state index is 12.9. The van der Waals surface area contributed by atoms with Crippen molar-refractivity contribution in [2.24, 2.45) is 5.92 Å². The molecule has 9 heteroatoms. The Bertz CT molecular complexity index is 856. The average Bonchev–Trinajstić information content (AvgIpc) is 2.95. The molecule has 3 heterocycles. The van der Waals surface area contributed by atoms with Crippen LogP contribution in [0.4, 0.5) is 10.5 Å². The van der Waals surface area contributed by atoms with Crippen LogP contribution in [0.3, 0.4) is 0 Å². The average molecular weight is 406 g/mol. The van der Waals surface area contributed by atoms with Crippen LogP contribution in [0.1, 0.15) is 27.7 Å². The summed E-state index contributed by atoms with van der Waals surface area (Å²) >= 11 is 6.30. The number of likely N-dealkylation sites (tertiary alicyclic amines) is 1.